The minimum absolute atomic E-state index is 0.0273. The minimum atomic E-state index is 0.0273. The molecule has 0 aliphatic heterocycles. The summed E-state index contributed by atoms with van der Waals surface area (Å²) in [6.45, 7) is 6.82. The van der Waals surface area contributed by atoms with Crippen LogP contribution in [-0.4, -0.2) is 20.2 Å². The standard InChI is InChI=1S/C23H38N4/c1-4-7-13-18-23(19-14-8-5-2,20-15-9-6-3)27-25-22(24-26-27)21-16-11-10-12-17-21/h10-12,16-17H,4-9,13-15,18-20H2,1-3H3. The number of nitrogens with zero attached hydrogens (tertiary/aromatic N) is 4. The van der Waals surface area contributed by atoms with Crippen molar-refractivity contribution >= 4 is 0 Å². The number of benzene rings is 1. The number of hydrogen-bond acceptors (Lipinski definition) is 3. The van der Waals surface area contributed by atoms with Gasteiger partial charge in [-0.25, -0.2) is 0 Å². The third-order valence-electron chi connectivity index (χ3n) is 5.61. The predicted molar refractivity (Wildman–Crippen MR) is 114 cm³/mol. The molecule has 2 aromatic rings. The van der Waals surface area contributed by atoms with Crippen LogP contribution >= 0.6 is 0 Å². The average Bonchev–Trinajstić information content (AvgIpc) is 3.20. The van der Waals surface area contributed by atoms with Crippen LogP contribution in [0, 0.1) is 0 Å². The Morgan fingerprint density at radius 2 is 1.26 bits per heavy atom. The van der Waals surface area contributed by atoms with Gasteiger partial charge < -0.3 is 0 Å². The molecule has 0 fully saturated rings. The third kappa shape index (κ3) is 6.44. The van der Waals surface area contributed by atoms with Crippen LogP contribution in [0.15, 0.2) is 30.3 Å². The van der Waals surface area contributed by atoms with Crippen molar-refractivity contribution in [3.63, 3.8) is 0 Å². The number of aromatic nitrogens is 4. The second-order valence-electron chi connectivity index (χ2n) is 7.86. The summed E-state index contributed by atoms with van der Waals surface area (Å²) in [5, 5.41) is 13.9. The fourth-order valence-electron chi connectivity index (χ4n) is 3.91. The maximum Gasteiger partial charge on any atom is 0.204 e. The van der Waals surface area contributed by atoms with Gasteiger partial charge in [-0.2, -0.15) is 4.80 Å². The first-order valence-electron chi connectivity index (χ1n) is 11.1. The summed E-state index contributed by atoms with van der Waals surface area (Å²) in [5.41, 5.74) is 1.08. The summed E-state index contributed by atoms with van der Waals surface area (Å²) >= 11 is 0. The Morgan fingerprint density at radius 3 is 1.74 bits per heavy atom. The van der Waals surface area contributed by atoms with Crippen molar-refractivity contribution in [2.24, 2.45) is 0 Å². The van der Waals surface area contributed by atoms with E-state index in [2.05, 4.69) is 43.2 Å². The largest absolute Gasteiger partial charge is 0.204 e. The van der Waals surface area contributed by atoms with Crippen molar-refractivity contribution in [1.82, 2.24) is 20.2 Å². The molecule has 27 heavy (non-hydrogen) atoms. The highest BCUT2D eigenvalue weighted by atomic mass is 15.6. The average molecular weight is 371 g/mol. The lowest BCUT2D eigenvalue weighted by Gasteiger charge is -2.33. The van der Waals surface area contributed by atoms with Crippen LogP contribution in [0.1, 0.15) is 97.8 Å². The van der Waals surface area contributed by atoms with E-state index in [1.165, 1.54) is 77.0 Å². The fraction of sp³-hybridized carbons (Fsp3) is 0.696. The zero-order chi connectivity index (χ0) is 19.4. The molecule has 0 unspecified atom stereocenters. The maximum absolute atomic E-state index is 4.88. The first kappa shape index (κ1) is 21.6. The van der Waals surface area contributed by atoms with E-state index in [0.717, 1.165) is 11.4 Å². The van der Waals surface area contributed by atoms with E-state index in [0.29, 0.717) is 0 Å². The number of hydrogen-bond donors (Lipinski definition) is 0. The molecule has 1 heterocycles. The van der Waals surface area contributed by atoms with E-state index < -0.39 is 0 Å². The summed E-state index contributed by atoms with van der Waals surface area (Å²) < 4.78 is 0. The molecule has 150 valence electrons. The molecule has 4 heteroatoms. The fourth-order valence-corrected chi connectivity index (χ4v) is 3.91. The van der Waals surface area contributed by atoms with E-state index in [4.69, 9.17) is 5.10 Å². The second-order valence-corrected chi connectivity index (χ2v) is 7.86. The Labute approximate surface area is 165 Å². The van der Waals surface area contributed by atoms with Crippen LogP contribution < -0.4 is 0 Å². The molecule has 0 atom stereocenters. The highest BCUT2D eigenvalue weighted by Gasteiger charge is 2.33. The van der Waals surface area contributed by atoms with Crippen LogP contribution in [0.2, 0.25) is 0 Å². The number of rotatable bonds is 14. The van der Waals surface area contributed by atoms with Gasteiger partial charge in [-0.15, -0.1) is 10.2 Å². The van der Waals surface area contributed by atoms with E-state index in [-0.39, 0.29) is 5.54 Å². The van der Waals surface area contributed by atoms with E-state index in [1.54, 1.807) is 0 Å². The first-order valence-corrected chi connectivity index (χ1v) is 11.1. The Balaban J connectivity index is 2.27. The highest BCUT2D eigenvalue weighted by Crippen LogP contribution is 2.35. The molecule has 0 amide bonds. The Hall–Kier alpha value is -1.71. The van der Waals surface area contributed by atoms with Gasteiger partial charge in [0.2, 0.25) is 5.82 Å². The summed E-state index contributed by atoms with van der Waals surface area (Å²) in [6.07, 6.45) is 14.8. The van der Waals surface area contributed by atoms with Crippen molar-refractivity contribution in [3.05, 3.63) is 30.3 Å². The normalized spacial score (nSPS) is 11.8. The SMILES string of the molecule is CCCCCC(CCCCC)(CCCCC)n1nnc(-c2ccccc2)n1. The summed E-state index contributed by atoms with van der Waals surface area (Å²) in [7, 11) is 0. The van der Waals surface area contributed by atoms with Gasteiger partial charge in [0, 0.05) is 5.56 Å². The molecule has 0 radical (unpaired) electrons. The molecule has 0 spiro atoms. The molecule has 2 rings (SSSR count). The molecule has 1 aromatic carbocycles. The molecular formula is C23H38N4. The van der Waals surface area contributed by atoms with Crippen molar-refractivity contribution < 1.29 is 0 Å². The van der Waals surface area contributed by atoms with Crippen LogP contribution in [0.4, 0.5) is 0 Å². The zero-order valence-corrected chi connectivity index (χ0v) is 17.7. The minimum Gasteiger partial charge on any atom is -0.158 e. The molecule has 0 bridgehead atoms. The van der Waals surface area contributed by atoms with Crippen LogP contribution in [-0.2, 0) is 5.54 Å². The van der Waals surface area contributed by atoms with E-state index in [9.17, 15) is 0 Å². The Bertz CT molecular complexity index is 594. The van der Waals surface area contributed by atoms with Gasteiger partial charge in [0.15, 0.2) is 0 Å². The van der Waals surface area contributed by atoms with Gasteiger partial charge in [-0.3, -0.25) is 0 Å². The highest BCUT2D eigenvalue weighted by molar-refractivity contribution is 5.53. The molecule has 0 saturated carbocycles. The van der Waals surface area contributed by atoms with Crippen LogP contribution in [0.3, 0.4) is 0 Å². The molecule has 0 saturated heterocycles. The maximum atomic E-state index is 4.88. The third-order valence-corrected chi connectivity index (χ3v) is 5.61. The lowest BCUT2D eigenvalue weighted by atomic mass is 9.82. The summed E-state index contributed by atoms with van der Waals surface area (Å²) in [6, 6.07) is 10.2. The lowest BCUT2D eigenvalue weighted by Crippen LogP contribution is -2.36. The zero-order valence-electron chi connectivity index (χ0n) is 17.7. The van der Waals surface area contributed by atoms with Crippen molar-refractivity contribution in [1.29, 1.82) is 0 Å². The lowest BCUT2D eigenvalue weighted by molar-refractivity contribution is 0.154. The first-order chi connectivity index (χ1) is 13.3. The van der Waals surface area contributed by atoms with Gasteiger partial charge in [-0.1, -0.05) is 109 Å². The van der Waals surface area contributed by atoms with Crippen molar-refractivity contribution in [2.45, 2.75) is 103 Å². The Kier molecular flexibility index (Phi) is 9.51. The monoisotopic (exact) mass is 370 g/mol. The van der Waals surface area contributed by atoms with Crippen molar-refractivity contribution in [2.75, 3.05) is 0 Å². The quantitative estimate of drug-likeness (QED) is 0.344. The van der Waals surface area contributed by atoms with Gasteiger partial charge in [-0.05, 0) is 24.5 Å². The summed E-state index contributed by atoms with van der Waals surface area (Å²) in [4.78, 5) is 2.00. The van der Waals surface area contributed by atoms with Crippen LogP contribution in [0.25, 0.3) is 11.4 Å². The summed E-state index contributed by atoms with van der Waals surface area (Å²) in [5.74, 6) is 0.751. The second kappa shape index (κ2) is 11.9. The topological polar surface area (TPSA) is 43.6 Å². The molecule has 0 aliphatic rings. The van der Waals surface area contributed by atoms with Gasteiger partial charge >= 0.3 is 0 Å². The van der Waals surface area contributed by atoms with Gasteiger partial charge in [0.25, 0.3) is 0 Å². The number of unbranched alkanes of at least 4 members (excludes halogenated alkanes) is 6. The molecule has 1 aromatic heterocycles. The molecule has 4 nitrogen and oxygen atoms in total. The predicted octanol–water partition coefficient (Wildman–Crippen LogP) is 6.78. The van der Waals surface area contributed by atoms with Gasteiger partial charge in [0.1, 0.15) is 0 Å². The van der Waals surface area contributed by atoms with E-state index >= 15 is 0 Å². The molecular weight excluding hydrogens is 332 g/mol. The van der Waals surface area contributed by atoms with Gasteiger partial charge in [0.05, 0.1) is 5.54 Å². The Morgan fingerprint density at radius 1 is 0.741 bits per heavy atom. The number of tetrazole rings is 1. The van der Waals surface area contributed by atoms with E-state index in [1.807, 2.05) is 23.0 Å². The van der Waals surface area contributed by atoms with Crippen LogP contribution in [0.5, 0.6) is 0 Å². The smallest absolute Gasteiger partial charge is 0.158 e. The molecule has 0 N–H and O–H groups in total. The van der Waals surface area contributed by atoms with Crippen molar-refractivity contribution in [3.8, 4) is 11.4 Å². The molecule has 0 aliphatic carbocycles.